The second-order valence-corrected chi connectivity index (χ2v) is 38.0. The summed E-state index contributed by atoms with van der Waals surface area (Å²) in [5, 5.41) is 30.8. The number of aromatic nitrogens is 25. The minimum atomic E-state index is -0.266. The first kappa shape index (κ1) is 99.3. The zero-order valence-corrected chi connectivity index (χ0v) is 84.4. The molecule has 2 aliphatic carbocycles. The Hall–Kier alpha value is -18.1. The Kier molecular flexibility index (Phi) is 28.4. The highest BCUT2D eigenvalue weighted by Crippen LogP contribution is 2.42. The first-order chi connectivity index (χ1) is 72.6. The predicted octanol–water partition coefficient (Wildman–Crippen LogP) is 17.6. The van der Waals surface area contributed by atoms with Crippen LogP contribution in [0.1, 0.15) is 116 Å². The van der Waals surface area contributed by atoms with E-state index < -0.39 is 0 Å². The lowest BCUT2D eigenvalue weighted by Crippen LogP contribution is -2.46. The summed E-state index contributed by atoms with van der Waals surface area (Å²) >= 11 is 12.8. The van der Waals surface area contributed by atoms with E-state index in [0.29, 0.717) is 113 Å². The number of nitrogens with two attached hydrogens (primary N) is 5. The molecule has 1 aliphatic heterocycles. The largest absolute Gasteiger partial charge is 0.382 e. The van der Waals surface area contributed by atoms with Crippen molar-refractivity contribution in [3.63, 3.8) is 0 Å². The second kappa shape index (κ2) is 42.9. The minimum absolute atomic E-state index is 0.00201. The van der Waals surface area contributed by atoms with Crippen molar-refractivity contribution in [1.82, 2.24) is 133 Å². The highest BCUT2D eigenvalue weighted by molar-refractivity contribution is 6.36. The van der Waals surface area contributed by atoms with Crippen LogP contribution in [0.5, 0.6) is 0 Å². The highest BCUT2D eigenvalue weighted by atomic mass is 35.5. The molecule has 39 heteroatoms. The van der Waals surface area contributed by atoms with Gasteiger partial charge >= 0.3 is 0 Å². The Labute approximate surface area is 868 Å². The van der Waals surface area contributed by atoms with Gasteiger partial charge in [-0.3, -0.25) is 53.6 Å². The van der Waals surface area contributed by atoms with Gasteiger partial charge in [0.25, 0.3) is 5.56 Å². The van der Waals surface area contributed by atoms with Gasteiger partial charge in [-0.15, -0.1) is 0 Å². The van der Waals surface area contributed by atoms with E-state index in [2.05, 4.69) is 108 Å². The molecule has 3 fully saturated rings. The van der Waals surface area contributed by atoms with Crippen molar-refractivity contribution < 1.29 is 19.2 Å². The topological polar surface area (TPSA) is 510 Å². The van der Waals surface area contributed by atoms with Gasteiger partial charge in [-0.2, -0.15) is 25.5 Å². The number of hydrogen-bond acceptors (Lipinski definition) is 30. The third-order valence-corrected chi connectivity index (χ3v) is 26.9. The summed E-state index contributed by atoms with van der Waals surface area (Å²) in [6.45, 7) is 10.9. The number of nitrogen functional groups attached to an aromatic ring is 5. The molecule has 3 aliphatic rings. The van der Waals surface area contributed by atoms with Gasteiger partial charge in [-0.1, -0.05) is 103 Å². The zero-order valence-electron chi connectivity index (χ0n) is 82.9. The maximum atomic E-state index is 13.2. The molecule has 16 heterocycles. The molecule has 0 atom stereocenters. The molecule has 37 nitrogen and oxygen atoms in total. The highest BCUT2D eigenvalue weighted by Gasteiger charge is 2.36. The van der Waals surface area contributed by atoms with E-state index in [1.54, 1.807) is 74.2 Å². The lowest BCUT2D eigenvalue weighted by atomic mass is 9.98. The van der Waals surface area contributed by atoms with E-state index in [-0.39, 0.29) is 87.4 Å². The maximum Gasteiger partial charge on any atom is 0.255 e. The van der Waals surface area contributed by atoms with Gasteiger partial charge in [0, 0.05) is 181 Å². The van der Waals surface area contributed by atoms with Crippen LogP contribution in [-0.2, 0) is 26.9 Å². The molecule has 0 spiro atoms. The van der Waals surface area contributed by atoms with Crippen molar-refractivity contribution in [3.05, 3.63) is 322 Å². The predicted molar refractivity (Wildman–Crippen MR) is 581 cm³/mol. The molecular weight excluding hydrogens is 1930 g/mol. The minimum Gasteiger partial charge on any atom is -0.382 e. The van der Waals surface area contributed by atoms with Crippen LogP contribution in [0, 0.1) is 32.6 Å². The number of rotatable bonds is 21. The Bertz CT molecular complexity index is 8830. The monoisotopic (exact) mass is 2030 g/mol. The number of fused-ring (bicyclic) bond motifs is 5. The SMILES string of the molecule is CC(=O)c1nc(-c2cc(Cl)c3ncccc3c2)c(-n2ccc(C)n2)nc1N.Cc1ccn(-c2nc(N)c(C(=O)C3CC3)nc2-c2cc(Cl)c3[nH]ncc3c2)n1.Cc1ccn(-c2nc(N)c(C(=O)CN3CCN(C)CC3)nc2-c2ccc3ncccc3c2)n1.Cn1ccc(-c2nc(N)c(CCc3cccn3C)nc2-c2ccc3c(=O)[nH]ccc3c2)n1.Nc1nc(-c2ccccc2)c(-c2ccc3ncccc3c2)nc1C(=O)C1CCCC1. The van der Waals surface area contributed by atoms with Crippen molar-refractivity contribution in [2.45, 2.75) is 79.1 Å². The summed E-state index contributed by atoms with van der Waals surface area (Å²) in [5.74, 6) is 1.78. The molecule has 150 heavy (non-hydrogen) atoms. The summed E-state index contributed by atoms with van der Waals surface area (Å²) in [6.07, 6.45) is 25.0. The molecule has 6 aromatic carbocycles. The number of nitrogens with one attached hydrogen (secondary N) is 2. The number of H-pyrrole nitrogens is 2. The normalized spacial score (nSPS) is 13.2. The fraction of sp³-hybridized carbons (Fsp3) is 0.198. The number of aromatic amines is 2. The molecule has 12 N–H and O–H groups in total. The number of anilines is 5. The van der Waals surface area contributed by atoms with Gasteiger partial charge in [-0.05, 0) is 193 Å². The molecule has 750 valence electrons. The van der Waals surface area contributed by atoms with Gasteiger partial charge in [0.05, 0.1) is 84.7 Å². The fourth-order valence-electron chi connectivity index (χ4n) is 18.3. The number of hydrogen-bond donors (Lipinski definition) is 7. The van der Waals surface area contributed by atoms with E-state index in [0.717, 1.165) is 160 Å². The number of nitrogens with zero attached hydrogens (tertiary/aromatic N) is 25. The van der Waals surface area contributed by atoms with Crippen molar-refractivity contribution in [1.29, 1.82) is 0 Å². The number of pyridine rings is 4. The number of carbonyl (C=O) groups is 4. The first-order valence-electron chi connectivity index (χ1n) is 48.8. The summed E-state index contributed by atoms with van der Waals surface area (Å²) < 4.78 is 8.65. The average Bonchev–Trinajstić information content (AvgIpc) is 1.50. The van der Waals surface area contributed by atoms with Crippen LogP contribution in [0.4, 0.5) is 29.1 Å². The summed E-state index contributed by atoms with van der Waals surface area (Å²) in [5.41, 5.74) is 49.0. The van der Waals surface area contributed by atoms with E-state index in [1.807, 2.05) is 223 Å². The Balaban J connectivity index is 0.000000114. The van der Waals surface area contributed by atoms with Crippen LogP contribution in [-0.4, -0.2) is 196 Å². The fourth-order valence-corrected chi connectivity index (χ4v) is 18.8. The van der Waals surface area contributed by atoms with Crippen LogP contribution >= 0.6 is 23.2 Å². The Morgan fingerprint density at radius 2 is 0.927 bits per heavy atom. The van der Waals surface area contributed by atoms with Gasteiger partial charge in [0.2, 0.25) is 0 Å². The summed E-state index contributed by atoms with van der Waals surface area (Å²) in [7, 11) is 5.97. The number of likely N-dealkylation sites (N-methyl/N-ethyl adjacent to an activating group) is 1. The van der Waals surface area contributed by atoms with Crippen molar-refractivity contribution in [2.75, 3.05) is 68.4 Å². The standard InChI is InChI=1S/C25H22N4O.C24H26N8O.C24H23N7O.C19H16ClN7O.C19H15ClN6O/c26-25-23(24(30)17-9-4-5-10-17)28-22(21(29-25)16-7-2-1-3-8-16)19-12-13-20-18(15-19)11-6-14-27-20;1-16-7-9-32(29-16)24-21(18-5-6-19-17(14-18)4-3-8-26-19)27-22(23(25)28-24)20(33)15-31-12-10-30(2)11-13-31;1-30-12-3-4-17(30)6-8-20-23(25)28-22(19-10-13-31(2)29-19)21(27-20)16-5-7-18-15(14-16)9-11-26-24(18)32;1-9-4-5-27(26-9)19-15(11-6-12-8-22-25-14(12)13(20)7-11)23-16(18(21)24-19)17(28)10-2-3-10;1-10-5-7-26(25-10)19-17(23-15(11(2)27)18(21)24-19)13-8-12-4-3-6-22-16(12)14(20)9-13/h1-3,6-8,11-15,17H,4-5,9-10H2,(H2,26,29);3-9,14H,10-13,15H2,1-2H3,(H2,25,28);3-5,7,9-14H,6,8H2,1-2H3,(H2,25,28)(H,26,32);4-8,10H,2-3H2,1H3,(H2,21,24)(H,22,25);3-9H,1-2H3,(H2,21,24). The number of halogens is 2. The number of Topliss-reactive ketones (excluding diaryl/α,β-unsaturated/α-hetero) is 4. The summed E-state index contributed by atoms with van der Waals surface area (Å²) in [4.78, 5) is 130. The third-order valence-electron chi connectivity index (χ3n) is 26.3. The van der Waals surface area contributed by atoms with Crippen LogP contribution in [0.3, 0.4) is 0 Å². The number of piperazine rings is 1. The Morgan fingerprint density at radius 3 is 1.51 bits per heavy atom. The average molecular weight is 2040 g/mol. The number of aryl methyl sites for hydroxylation is 7. The van der Waals surface area contributed by atoms with Gasteiger partial charge in [-0.25, -0.2) is 63.9 Å². The molecular formula is C111H102Cl2N32O5. The molecule has 15 aromatic heterocycles. The molecule has 2 saturated carbocycles. The van der Waals surface area contributed by atoms with Crippen molar-refractivity contribution in [2.24, 2.45) is 25.9 Å². The van der Waals surface area contributed by atoms with E-state index in [1.165, 1.54) is 12.6 Å². The van der Waals surface area contributed by atoms with E-state index in [4.69, 9.17) is 71.8 Å². The van der Waals surface area contributed by atoms with E-state index in [9.17, 15) is 24.0 Å². The quantitative estimate of drug-likeness (QED) is 0.0329. The van der Waals surface area contributed by atoms with Gasteiger partial charge in [0.1, 0.15) is 51.4 Å². The van der Waals surface area contributed by atoms with Crippen LogP contribution < -0.4 is 34.2 Å². The van der Waals surface area contributed by atoms with Gasteiger partial charge in [0.15, 0.2) is 69.6 Å². The van der Waals surface area contributed by atoms with Crippen molar-refractivity contribution >= 4 is 130 Å². The first-order valence-corrected chi connectivity index (χ1v) is 49.5. The number of benzene rings is 6. The van der Waals surface area contributed by atoms with Gasteiger partial charge < -0.3 is 43.1 Å². The third kappa shape index (κ3) is 21.5. The molecule has 0 amide bonds. The van der Waals surface area contributed by atoms with Crippen LogP contribution in [0.2, 0.25) is 10.0 Å². The molecule has 0 unspecified atom stereocenters. The molecule has 21 aromatic rings. The molecule has 1 saturated heterocycles. The molecule has 24 rings (SSSR count). The molecule has 0 radical (unpaired) electrons. The van der Waals surface area contributed by atoms with Crippen LogP contribution in [0.15, 0.2) is 255 Å². The number of ketones is 4. The molecule has 0 bridgehead atoms. The zero-order chi connectivity index (χ0) is 104. The van der Waals surface area contributed by atoms with E-state index >= 15 is 0 Å². The van der Waals surface area contributed by atoms with Crippen LogP contribution in [0.25, 0.3) is 151 Å². The Morgan fingerprint density at radius 1 is 0.420 bits per heavy atom. The maximum absolute atomic E-state index is 13.2. The smallest absolute Gasteiger partial charge is 0.255 e. The number of carbonyl (C=O) groups excluding carboxylic acids is 4. The van der Waals surface area contributed by atoms with Crippen molar-refractivity contribution in [3.8, 4) is 96.4 Å². The lowest BCUT2D eigenvalue weighted by Gasteiger charge is -2.31. The lowest BCUT2D eigenvalue weighted by molar-refractivity contribution is 0.0870. The summed E-state index contributed by atoms with van der Waals surface area (Å²) in [6, 6.07) is 59.7. The second-order valence-electron chi connectivity index (χ2n) is 37.2.